The third-order valence-electron chi connectivity index (χ3n) is 3.06. The van der Waals surface area contributed by atoms with Crippen molar-refractivity contribution in [3.63, 3.8) is 0 Å². The lowest BCUT2D eigenvalue weighted by molar-refractivity contribution is 0.0701. The summed E-state index contributed by atoms with van der Waals surface area (Å²) in [5.74, 6) is 0. The van der Waals surface area contributed by atoms with Crippen LogP contribution in [0.4, 0.5) is 0 Å². The Hall–Kier alpha value is -0.120. The summed E-state index contributed by atoms with van der Waals surface area (Å²) in [5.41, 5.74) is 5.93. The second-order valence-electron chi connectivity index (χ2n) is 3.86. The lowest BCUT2D eigenvalue weighted by Gasteiger charge is -2.46. The summed E-state index contributed by atoms with van der Waals surface area (Å²) >= 11 is 0. The van der Waals surface area contributed by atoms with Crippen molar-refractivity contribution in [2.24, 2.45) is 5.73 Å². The first-order valence-corrected chi connectivity index (χ1v) is 4.45. The number of nitrogens with zero attached hydrogens (tertiary/aromatic N) is 1. The van der Waals surface area contributed by atoms with Crippen LogP contribution < -0.4 is 11.1 Å². The maximum Gasteiger partial charge on any atom is 0.0235 e. The highest BCUT2D eigenvalue weighted by atomic mass is 15.2. The van der Waals surface area contributed by atoms with Crippen molar-refractivity contribution in [2.75, 3.05) is 20.1 Å². The number of nitrogens with two attached hydrogens (primary N) is 1. The summed E-state index contributed by atoms with van der Waals surface area (Å²) in [6.45, 7) is 2.25. The number of fused-ring (bicyclic) bond motifs is 2. The monoisotopic (exact) mass is 155 g/mol. The highest BCUT2D eigenvalue weighted by Gasteiger charge is 2.34. The van der Waals surface area contributed by atoms with Crippen LogP contribution in [0.1, 0.15) is 12.8 Å². The Kier molecular flexibility index (Phi) is 1.87. The number of hydrogen-bond acceptors (Lipinski definition) is 3. The van der Waals surface area contributed by atoms with Crippen molar-refractivity contribution in [3.05, 3.63) is 0 Å². The van der Waals surface area contributed by atoms with Crippen molar-refractivity contribution in [1.82, 2.24) is 10.2 Å². The minimum Gasteiger partial charge on any atom is -0.328 e. The third-order valence-corrected chi connectivity index (χ3v) is 3.06. The van der Waals surface area contributed by atoms with E-state index in [1.54, 1.807) is 0 Å². The number of likely N-dealkylation sites (N-methyl/N-ethyl adjacent to an activating group) is 1. The molecule has 2 aliphatic rings. The van der Waals surface area contributed by atoms with Gasteiger partial charge in [-0.25, -0.2) is 0 Å². The summed E-state index contributed by atoms with van der Waals surface area (Å²) in [7, 11) is 2.22. The normalized spacial score (nSPS) is 45.8. The van der Waals surface area contributed by atoms with Crippen LogP contribution >= 0.6 is 0 Å². The van der Waals surface area contributed by atoms with Gasteiger partial charge < -0.3 is 11.1 Å². The molecule has 2 fully saturated rings. The first kappa shape index (κ1) is 7.53. The van der Waals surface area contributed by atoms with Gasteiger partial charge in [0, 0.05) is 31.2 Å². The minimum absolute atomic E-state index is 0.447. The molecule has 0 spiro atoms. The number of hydrogen-bond donors (Lipinski definition) is 2. The van der Waals surface area contributed by atoms with Gasteiger partial charge in [0.2, 0.25) is 0 Å². The Bertz CT molecular complexity index is 134. The largest absolute Gasteiger partial charge is 0.328 e. The highest BCUT2D eigenvalue weighted by Crippen LogP contribution is 2.22. The lowest BCUT2D eigenvalue weighted by Crippen LogP contribution is -2.61. The van der Waals surface area contributed by atoms with E-state index >= 15 is 0 Å². The number of piperazine rings is 1. The smallest absolute Gasteiger partial charge is 0.0235 e. The molecule has 2 bridgehead atoms. The minimum atomic E-state index is 0.447. The number of piperidine rings is 1. The molecular weight excluding hydrogens is 138 g/mol. The zero-order valence-electron chi connectivity index (χ0n) is 7.09. The summed E-state index contributed by atoms with van der Waals surface area (Å²) in [4.78, 5) is 2.49. The van der Waals surface area contributed by atoms with Gasteiger partial charge in [0.1, 0.15) is 0 Å². The molecule has 0 amide bonds. The number of rotatable bonds is 0. The van der Waals surface area contributed by atoms with Crippen molar-refractivity contribution < 1.29 is 0 Å². The van der Waals surface area contributed by atoms with Crippen LogP contribution in [0.3, 0.4) is 0 Å². The molecule has 3 N–H and O–H groups in total. The van der Waals surface area contributed by atoms with Gasteiger partial charge in [0.05, 0.1) is 0 Å². The van der Waals surface area contributed by atoms with Crippen LogP contribution in [0, 0.1) is 0 Å². The molecule has 0 aromatic heterocycles. The Morgan fingerprint density at radius 2 is 1.82 bits per heavy atom. The molecule has 0 aliphatic carbocycles. The highest BCUT2D eigenvalue weighted by molar-refractivity contribution is 4.94. The molecule has 3 atom stereocenters. The molecule has 0 radical (unpaired) electrons. The van der Waals surface area contributed by atoms with E-state index in [-0.39, 0.29) is 0 Å². The van der Waals surface area contributed by atoms with Gasteiger partial charge >= 0.3 is 0 Å². The van der Waals surface area contributed by atoms with Crippen LogP contribution in [0.2, 0.25) is 0 Å². The van der Waals surface area contributed by atoms with E-state index in [2.05, 4.69) is 17.3 Å². The average molecular weight is 155 g/mol. The molecular formula is C8H17N3. The quantitative estimate of drug-likeness (QED) is 0.490. The second-order valence-corrected chi connectivity index (χ2v) is 3.86. The molecule has 2 aliphatic heterocycles. The van der Waals surface area contributed by atoms with E-state index in [4.69, 9.17) is 5.73 Å². The Labute approximate surface area is 67.9 Å². The first-order valence-electron chi connectivity index (χ1n) is 4.45. The zero-order valence-corrected chi connectivity index (χ0v) is 7.09. The van der Waals surface area contributed by atoms with Gasteiger partial charge in [-0.15, -0.1) is 0 Å². The van der Waals surface area contributed by atoms with Gasteiger partial charge in [0.15, 0.2) is 0 Å². The zero-order chi connectivity index (χ0) is 7.84. The second kappa shape index (κ2) is 2.73. The van der Waals surface area contributed by atoms with Gasteiger partial charge in [-0.05, 0) is 19.9 Å². The molecule has 11 heavy (non-hydrogen) atoms. The van der Waals surface area contributed by atoms with Gasteiger partial charge in [0.25, 0.3) is 0 Å². The Morgan fingerprint density at radius 1 is 1.27 bits per heavy atom. The Morgan fingerprint density at radius 3 is 2.36 bits per heavy atom. The van der Waals surface area contributed by atoms with Crippen LogP contribution in [0.25, 0.3) is 0 Å². The van der Waals surface area contributed by atoms with E-state index in [0.29, 0.717) is 18.1 Å². The third kappa shape index (κ3) is 1.28. The molecule has 3 heteroatoms. The van der Waals surface area contributed by atoms with E-state index in [9.17, 15) is 0 Å². The predicted molar refractivity (Wildman–Crippen MR) is 45.4 cm³/mol. The summed E-state index contributed by atoms with van der Waals surface area (Å²) < 4.78 is 0. The topological polar surface area (TPSA) is 41.3 Å². The molecule has 2 saturated heterocycles. The standard InChI is InChI=1S/C8H17N3/c1-11-7-2-6(9)3-8(11)5-10-4-7/h6-8,10H,2-5,9H2,1H3/t6?,7-,8+. The molecule has 0 saturated carbocycles. The average Bonchev–Trinajstić information content (AvgIpc) is 1.92. The molecule has 1 unspecified atom stereocenters. The van der Waals surface area contributed by atoms with Crippen LogP contribution in [-0.4, -0.2) is 43.2 Å². The van der Waals surface area contributed by atoms with E-state index in [1.807, 2.05) is 0 Å². The SMILES string of the molecule is CN1[C@@H]2CNC[C@H]1CC(N)C2. The molecule has 0 aromatic carbocycles. The summed E-state index contributed by atoms with van der Waals surface area (Å²) in [5, 5.41) is 3.44. The van der Waals surface area contributed by atoms with E-state index in [0.717, 1.165) is 13.1 Å². The van der Waals surface area contributed by atoms with Crippen molar-refractivity contribution in [2.45, 2.75) is 31.0 Å². The van der Waals surface area contributed by atoms with Crippen molar-refractivity contribution >= 4 is 0 Å². The summed E-state index contributed by atoms with van der Waals surface area (Å²) in [6.07, 6.45) is 2.33. The van der Waals surface area contributed by atoms with Crippen LogP contribution in [-0.2, 0) is 0 Å². The van der Waals surface area contributed by atoms with Crippen molar-refractivity contribution in [3.8, 4) is 0 Å². The predicted octanol–water partition coefficient (Wildman–Crippen LogP) is -0.620. The lowest BCUT2D eigenvalue weighted by atomic mass is 9.90. The van der Waals surface area contributed by atoms with Gasteiger partial charge in [-0.3, -0.25) is 4.90 Å². The maximum atomic E-state index is 5.93. The van der Waals surface area contributed by atoms with E-state index < -0.39 is 0 Å². The number of nitrogens with one attached hydrogen (secondary N) is 1. The fourth-order valence-corrected chi connectivity index (χ4v) is 2.30. The van der Waals surface area contributed by atoms with Crippen LogP contribution in [0.5, 0.6) is 0 Å². The van der Waals surface area contributed by atoms with Gasteiger partial charge in [-0.2, -0.15) is 0 Å². The van der Waals surface area contributed by atoms with Crippen molar-refractivity contribution in [1.29, 1.82) is 0 Å². The van der Waals surface area contributed by atoms with E-state index in [1.165, 1.54) is 12.8 Å². The Balaban J connectivity index is 2.07. The fourth-order valence-electron chi connectivity index (χ4n) is 2.30. The van der Waals surface area contributed by atoms with Gasteiger partial charge in [-0.1, -0.05) is 0 Å². The maximum absolute atomic E-state index is 5.93. The van der Waals surface area contributed by atoms with Crippen LogP contribution in [0.15, 0.2) is 0 Å². The molecule has 64 valence electrons. The molecule has 0 aromatic rings. The molecule has 2 rings (SSSR count). The summed E-state index contributed by atoms with van der Waals surface area (Å²) in [6, 6.07) is 1.83. The molecule has 3 nitrogen and oxygen atoms in total. The fraction of sp³-hybridized carbons (Fsp3) is 1.00. The molecule has 2 heterocycles. The first-order chi connectivity index (χ1) is 5.27.